The normalized spacial score (nSPS) is 14.5. The van der Waals surface area contributed by atoms with Gasteiger partial charge < -0.3 is 0 Å². The van der Waals surface area contributed by atoms with Crippen molar-refractivity contribution in [3.63, 3.8) is 0 Å². The topological polar surface area (TPSA) is 9.23 Å². The molecular weight excluding hydrogens is 106 g/mol. The molecule has 0 saturated heterocycles. The van der Waals surface area contributed by atoms with Crippen LogP contribution in [0.4, 0.5) is 4.53 Å². The van der Waals surface area contributed by atoms with E-state index in [9.17, 15) is 4.53 Å². The molecule has 0 heterocycles. The average molecular weight is 113 g/mol. The molecule has 0 aliphatic carbocycles. The summed E-state index contributed by atoms with van der Waals surface area (Å²) in [5.74, 6) is 0.205. The maximum atomic E-state index is 10.8. The van der Waals surface area contributed by atoms with Crippen LogP contribution in [0.15, 0.2) is 0 Å². The second-order valence-electron chi connectivity index (χ2n) is 1.05. The van der Waals surface area contributed by atoms with Crippen molar-refractivity contribution in [2.45, 2.75) is 13.0 Å². The zero-order valence-corrected chi connectivity index (χ0v) is 4.20. The third-order valence-corrected chi connectivity index (χ3v) is 0.804. The van der Waals surface area contributed by atoms with Crippen LogP contribution in [0.5, 0.6) is 0 Å². The molecule has 0 aliphatic rings. The lowest BCUT2D eigenvalue weighted by atomic mass is 10.5. The van der Waals surface area contributed by atoms with Gasteiger partial charge in [0.05, 0.1) is 5.88 Å². The second kappa shape index (κ2) is 3.37. The highest BCUT2D eigenvalue weighted by atomic mass is 35.5. The zero-order valence-electron chi connectivity index (χ0n) is 3.45. The Morgan fingerprint density at radius 3 is 2.50 bits per heavy atom. The Kier molecular flexibility index (Phi) is 3.47. The van der Waals surface area contributed by atoms with Gasteiger partial charge in [0.25, 0.3) is 0 Å². The van der Waals surface area contributed by atoms with Crippen LogP contribution >= 0.6 is 11.6 Å². The predicted octanol–water partition coefficient (Wildman–Crippen LogP) is 1.51. The van der Waals surface area contributed by atoms with Crippen molar-refractivity contribution in [1.29, 1.82) is 0 Å². The first-order valence-corrected chi connectivity index (χ1v) is 2.18. The average Bonchev–Trinajstić information content (AvgIpc) is 1.65. The quantitative estimate of drug-likeness (QED) is 0.492. The number of alkyl halides is 1. The Morgan fingerprint density at radius 2 is 2.50 bits per heavy atom. The molecule has 1 atom stereocenters. The Hall–Kier alpha value is 0.180. The SMILES string of the molecule is CC(CCl)OF. The fourth-order valence-corrected chi connectivity index (χ4v) is 0.0714. The van der Waals surface area contributed by atoms with E-state index < -0.39 is 6.10 Å². The van der Waals surface area contributed by atoms with Crippen LogP contribution in [0.25, 0.3) is 0 Å². The van der Waals surface area contributed by atoms with Gasteiger partial charge >= 0.3 is 0 Å². The molecule has 0 bridgehead atoms. The number of rotatable bonds is 2. The summed E-state index contributed by atoms with van der Waals surface area (Å²) in [4.78, 5) is 3.27. The Morgan fingerprint density at radius 1 is 2.00 bits per heavy atom. The Labute approximate surface area is 41.0 Å². The molecule has 1 unspecified atom stereocenters. The van der Waals surface area contributed by atoms with E-state index in [0.29, 0.717) is 0 Å². The molecular formula is C3H6ClFO. The summed E-state index contributed by atoms with van der Waals surface area (Å²) in [5.41, 5.74) is 0. The third-order valence-electron chi connectivity index (χ3n) is 0.369. The Bertz CT molecular complexity index is 30.0. The minimum Gasteiger partial charge on any atom is -0.190 e. The standard InChI is InChI=1S/C3H6ClFO/c1-3(2-4)6-5/h3H,2H2,1H3. The number of halogens is 2. The number of hydrogen-bond acceptors (Lipinski definition) is 1. The van der Waals surface area contributed by atoms with Gasteiger partial charge in [-0.1, -0.05) is 0 Å². The van der Waals surface area contributed by atoms with Crippen molar-refractivity contribution in [2.75, 3.05) is 5.88 Å². The molecule has 0 spiro atoms. The lowest BCUT2D eigenvalue weighted by molar-refractivity contribution is -0.164. The summed E-state index contributed by atoms with van der Waals surface area (Å²) in [7, 11) is 0. The lowest BCUT2D eigenvalue weighted by Crippen LogP contribution is -2.01. The molecule has 0 aromatic rings. The molecule has 38 valence electrons. The monoisotopic (exact) mass is 112 g/mol. The molecule has 0 aliphatic heterocycles. The molecule has 0 saturated carbocycles. The Balaban J connectivity index is 2.75. The van der Waals surface area contributed by atoms with Gasteiger partial charge in [-0.05, 0) is 11.4 Å². The molecule has 0 aromatic heterocycles. The van der Waals surface area contributed by atoms with Gasteiger partial charge in [0.1, 0.15) is 6.10 Å². The first-order chi connectivity index (χ1) is 2.81. The molecule has 0 rings (SSSR count). The van der Waals surface area contributed by atoms with E-state index in [0.717, 1.165) is 0 Å². The molecule has 3 heteroatoms. The molecule has 0 N–H and O–H groups in total. The van der Waals surface area contributed by atoms with Crippen molar-refractivity contribution in [3.8, 4) is 0 Å². The van der Waals surface area contributed by atoms with Crippen LogP contribution in [0, 0.1) is 0 Å². The molecule has 1 nitrogen and oxygen atoms in total. The van der Waals surface area contributed by atoms with E-state index in [1.54, 1.807) is 6.92 Å². The first-order valence-electron chi connectivity index (χ1n) is 1.64. The van der Waals surface area contributed by atoms with Crippen molar-refractivity contribution >= 4 is 11.6 Å². The fourth-order valence-electron chi connectivity index (χ4n) is 0.0238. The summed E-state index contributed by atoms with van der Waals surface area (Å²) in [6.45, 7) is 1.55. The minimum absolute atomic E-state index is 0.205. The second-order valence-corrected chi connectivity index (χ2v) is 1.36. The van der Waals surface area contributed by atoms with E-state index in [1.807, 2.05) is 0 Å². The van der Waals surface area contributed by atoms with E-state index in [4.69, 9.17) is 11.6 Å². The van der Waals surface area contributed by atoms with Crippen LogP contribution in [0.3, 0.4) is 0 Å². The third kappa shape index (κ3) is 2.42. The van der Waals surface area contributed by atoms with E-state index in [-0.39, 0.29) is 5.88 Å². The highest BCUT2D eigenvalue weighted by Crippen LogP contribution is 1.91. The maximum absolute atomic E-state index is 10.8. The smallest absolute Gasteiger partial charge is 0.109 e. The summed E-state index contributed by atoms with van der Waals surface area (Å²) in [6.07, 6.45) is -0.466. The van der Waals surface area contributed by atoms with Crippen LogP contribution < -0.4 is 0 Å². The van der Waals surface area contributed by atoms with Gasteiger partial charge in [-0.3, -0.25) is 0 Å². The van der Waals surface area contributed by atoms with E-state index >= 15 is 0 Å². The maximum Gasteiger partial charge on any atom is 0.109 e. The predicted molar refractivity (Wildman–Crippen MR) is 22.4 cm³/mol. The summed E-state index contributed by atoms with van der Waals surface area (Å²) in [5, 5.41) is 0. The lowest BCUT2D eigenvalue weighted by Gasteiger charge is -1.93. The molecule has 0 amide bonds. The highest BCUT2D eigenvalue weighted by Gasteiger charge is 1.94. The largest absolute Gasteiger partial charge is 0.190 e. The van der Waals surface area contributed by atoms with Crippen LogP contribution in [-0.4, -0.2) is 12.0 Å². The summed E-state index contributed by atoms with van der Waals surface area (Å²) < 4.78 is 10.8. The van der Waals surface area contributed by atoms with Gasteiger partial charge in [0, 0.05) is 0 Å². The highest BCUT2D eigenvalue weighted by molar-refractivity contribution is 6.18. The zero-order chi connectivity index (χ0) is 4.99. The summed E-state index contributed by atoms with van der Waals surface area (Å²) in [6, 6.07) is 0. The molecule has 6 heavy (non-hydrogen) atoms. The van der Waals surface area contributed by atoms with Crippen molar-refractivity contribution in [1.82, 2.24) is 0 Å². The van der Waals surface area contributed by atoms with Crippen LogP contribution in [-0.2, 0) is 4.94 Å². The summed E-state index contributed by atoms with van der Waals surface area (Å²) >= 11 is 5.09. The first kappa shape index (κ1) is 6.18. The molecule has 0 fully saturated rings. The van der Waals surface area contributed by atoms with Gasteiger partial charge in [-0.2, -0.15) is 4.94 Å². The van der Waals surface area contributed by atoms with Crippen LogP contribution in [0.1, 0.15) is 6.92 Å². The van der Waals surface area contributed by atoms with Crippen molar-refractivity contribution in [2.24, 2.45) is 0 Å². The molecule has 0 radical (unpaired) electrons. The van der Waals surface area contributed by atoms with Gasteiger partial charge in [0.15, 0.2) is 0 Å². The minimum atomic E-state index is -0.466. The molecule has 0 aromatic carbocycles. The number of hydrogen-bond donors (Lipinski definition) is 0. The van der Waals surface area contributed by atoms with Gasteiger partial charge in [-0.25, -0.2) is 0 Å². The van der Waals surface area contributed by atoms with Crippen molar-refractivity contribution < 1.29 is 9.47 Å². The fraction of sp³-hybridized carbons (Fsp3) is 1.00. The van der Waals surface area contributed by atoms with Crippen molar-refractivity contribution in [3.05, 3.63) is 0 Å². The van der Waals surface area contributed by atoms with E-state index in [2.05, 4.69) is 4.94 Å². The van der Waals surface area contributed by atoms with Gasteiger partial charge in [0.2, 0.25) is 0 Å². The van der Waals surface area contributed by atoms with Crippen LogP contribution in [0.2, 0.25) is 0 Å². The van der Waals surface area contributed by atoms with Gasteiger partial charge in [-0.15, -0.1) is 11.6 Å². The van der Waals surface area contributed by atoms with E-state index in [1.165, 1.54) is 0 Å².